The first-order valence-corrected chi connectivity index (χ1v) is 7.39. The third kappa shape index (κ3) is 3.42. The molecule has 1 aliphatic rings. The number of nitrogens with two attached hydrogens (primary N) is 1. The second-order valence-electron chi connectivity index (χ2n) is 5.39. The van der Waals surface area contributed by atoms with Crippen LogP contribution in [0.25, 0.3) is 0 Å². The molecule has 0 aromatic heterocycles. The van der Waals surface area contributed by atoms with Gasteiger partial charge in [0.1, 0.15) is 0 Å². The lowest BCUT2D eigenvalue weighted by molar-refractivity contribution is -0.122. The number of allylic oxidation sites excluding steroid dienone is 1. The number of benzene rings is 1. The first-order valence-electron chi connectivity index (χ1n) is 7.39. The standard InChI is InChI=1S/C17H20N2O3/c1-2-3-6-15(20)14-5-4-11-19(14)17(22)13-9-7-12(8-10-13)16(18)21/h2,7-10,14H,1,3-6,11H2,(H2,18,21). The molecule has 5 nitrogen and oxygen atoms in total. The molecule has 2 rings (SSSR count). The van der Waals surface area contributed by atoms with Crippen LogP contribution in [0.15, 0.2) is 36.9 Å². The molecule has 22 heavy (non-hydrogen) atoms. The van der Waals surface area contributed by atoms with Gasteiger partial charge in [-0.2, -0.15) is 0 Å². The summed E-state index contributed by atoms with van der Waals surface area (Å²) < 4.78 is 0. The fourth-order valence-corrected chi connectivity index (χ4v) is 2.70. The smallest absolute Gasteiger partial charge is 0.254 e. The van der Waals surface area contributed by atoms with Gasteiger partial charge in [0.25, 0.3) is 5.91 Å². The van der Waals surface area contributed by atoms with Gasteiger partial charge in [-0.1, -0.05) is 6.08 Å². The zero-order valence-electron chi connectivity index (χ0n) is 12.5. The summed E-state index contributed by atoms with van der Waals surface area (Å²) in [6.07, 6.45) is 4.29. The Bertz CT molecular complexity index is 592. The van der Waals surface area contributed by atoms with Crippen LogP contribution in [0.5, 0.6) is 0 Å². The van der Waals surface area contributed by atoms with E-state index in [-0.39, 0.29) is 17.7 Å². The van der Waals surface area contributed by atoms with E-state index < -0.39 is 5.91 Å². The Balaban J connectivity index is 2.11. The molecular formula is C17H20N2O3. The molecule has 1 atom stereocenters. The minimum absolute atomic E-state index is 0.0829. The number of rotatable bonds is 6. The largest absolute Gasteiger partial charge is 0.366 e. The zero-order valence-corrected chi connectivity index (χ0v) is 12.5. The number of Topliss-reactive ketones (excluding diaryl/α,β-unsaturated/α-hetero) is 1. The summed E-state index contributed by atoms with van der Waals surface area (Å²) in [5.41, 5.74) is 6.01. The van der Waals surface area contributed by atoms with Crippen LogP contribution in [0.4, 0.5) is 0 Å². The molecule has 1 unspecified atom stereocenters. The number of carbonyl (C=O) groups is 3. The molecule has 0 saturated carbocycles. The summed E-state index contributed by atoms with van der Waals surface area (Å²) in [6.45, 7) is 4.20. The highest BCUT2D eigenvalue weighted by Crippen LogP contribution is 2.22. The Morgan fingerprint density at radius 3 is 2.45 bits per heavy atom. The molecule has 5 heteroatoms. The lowest BCUT2D eigenvalue weighted by atomic mass is 10.0. The Morgan fingerprint density at radius 1 is 1.23 bits per heavy atom. The Kier molecular flexibility index (Phi) is 5.09. The first-order chi connectivity index (χ1) is 10.5. The summed E-state index contributed by atoms with van der Waals surface area (Å²) in [5, 5.41) is 0. The summed E-state index contributed by atoms with van der Waals surface area (Å²) in [4.78, 5) is 37.4. The molecule has 1 heterocycles. The van der Waals surface area contributed by atoms with Gasteiger partial charge >= 0.3 is 0 Å². The van der Waals surface area contributed by atoms with Crippen LogP contribution in [0, 0.1) is 0 Å². The van der Waals surface area contributed by atoms with E-state index >= 15 is 0 Å². The zero-order chi connectivity index (χ0) is 16.1. The van der Waals surface area contributed by atoms with Crippen molar-refractivity contribution in [3.05, 3.63) is 48.0 Å². The van der Waals surface area contributed by atoms with Gasteiger partial charge in [0.2, 0.25) is 5.91 Å². The predicted molar refractivity (Wildman–Crippen MR) is 83.5 cm³/mol. The van der Waals surface area contributed by atoms with Gasteiger partial charge in [-0.15, -0.1) is 6.58 Å². The van der Waals surface area contributed by atoms with E-state index in [9.17, 15) is 14.4 Å². The maximum absolute atomic E-state index is 12.6. The van der Waals surface area contributed by atoms with E-state index in [0.717, 1.165) is 6.42 Å². The quantitative estimate of drug-likeness (QED) is 0.815. The number of ketones is 1. The molecule has 1 aromatic rings. The van der Waals surface area contributed by atoms with E-state index in [4.69, 9.17) is 5.73 Å². The highest BCUT2D eigenvalue weighted by molar-refractivity contribution is 5.99. The summed E-state index contributed by atoms with van der Waals surface area (Å²) in [7, 11) is 0. The highest BCUT2D eigenvalue weighted by Gasteiger charge is 2.33. The van der Waals surface area contributed by atoms with E-state index in [1.54, 1.807) is 23.1 Å². The van der Waals surface area contributed by atoms with Crippen molar-refractivity contribution in [2.45, 2.75) is 31.7 Å². The topological polar surface area (TPSA) is 80.5 Å². The normalized spacial score (nSPS) is 17.3. The van der Waals surface area contributed by atoms with Crippen LogP contribution in [0.3, 0.4) is 0 Å². The second kappa shape index (κ2) is 7.02. The van der Waals surface area contributed by atoms with E-state index in [1.807, 2.05) is 0 Å². The second-order valence-corrected chi connectivity index (χ2v) is 5.39. The molecule has 1 aliphatic heterocycles. The SMILES string of the molecule is C=CCCC(=O)C1CCCN1C(=O)c1ccc(C(N)=O)cc1. The van der Waals surface area contributed by atoms with Gasteiger partial charge in [-0.25, -0.2) is 0 Å². The van der Waals surface area contributed by atoms with Crippen LogP contribution in [-0.4, -0.2) is 35.1 Å². The predicted octanol–water partition coefficient (Wildman–Crippen LogP) is 1.93. The number of primary amides is 1. The highest BCUT2D eigenvalue weighted by atomic mass is 16.2. The number of amides is 2. The van der Waals surface area contributed by atoms with Crippen LogP contribution in [0.1, 0.15) is 46.4 Å². The summed E-state index contributed by atoms with van der Waals surface area (Å²) >= 11 is 0. The van der Waals surface area contributed by atoms with Gasteiger partial charge in [0, 0.05) is 24.1 Å². The minimum Gasteiger partial charge on any atom is -0.366 e. The average Bonchev–Trinajstić information content (AvgIpc) is 3.01. The monoisotopic (exact) mass is 300 g/mol. The lowest BCUT2D eigenvalue weighted by Crippen LogP contribution is -2.40. The maximum Gasteiger partial charge on any atom is 0.254 e. The lowest BCUT2D eigenvalue weighted by Gasteiger charge is -2.23. The molecule has 0 bridgehead atoms. The van der Waals surface area contributed by atoms with Crippen molar-refractivity contribution in [2.24, 2.45) is 5.73 Å². The van der Waals surface area contributed by atoms with Crippen LogP contribution in [-0.2, 0) is 4.79 Å². The average molecular weight is 300 g/mol. The van der Waals surface area contributed by atoms with Crippen molar-refractivity contribution >= 4 is 17.6 Å². The Hall–Kier alpha value is -2.43. The van der Waals surface area contributed by atoms with E-state index in [2.05, 4.69) is 6.58 Å². The fraction of sp³-hybridized carbons (Fsp3) is 0.353. The number of nitrogens with zero attached hydrogens (tertiary/aromatic N) is 1. The molecule has 2 N–H and O–H groups in total. The van der Waals surface area contributed by atoms with E-state index in [0.29, 0.717) is 36.9 Å². The van der Waals surface area contributed by atoms with Crippen molar-refractivity contribution in [3.8, 4) is 0 Å². The third-order valence-corrected chi connectivity index (χ3v) is 3.90. The maximum atomic E-state index is 12.6. The summed E-state index contributed by atoms with van der Waals surface area (Å²) in [6, 6.07) is 5.86. The van der Waals surface area contributed by atoms with Gasteiger partial charge in [-0.3, -0.25) is 14.4 Å². The van der Waals surface area contributed by atoms with Crippen LogP contribution < -0.4 is 5.73 Å². The van der Waals surface area contributed by atoms with Crippen molar-refractivity contribution in [2.75, 3.05) is 6.54 Å². The minimum atomic E-state index is -0.530. The number of hydrogen-bond acceptors (Lipinski definition) is 3. The number of carbonyl (C=O) groups excluding carboxylic acids is 3. The molecular weight excluding hydrogens is 280 g/mol. The molecule has 0 aliphatic carbocycles. The molecule has 1 fully saturated rings. The van der Waals surface area contributed by atoms with Crippen LogP contribution in [0.2, 0.25) is 0 Å². The van der Waals surface area contributed by atoms with Gasteiger partial charge < -0.3 is 10.6 Å². The van der Waals surface area contributed by atoms with E-state index in [1.165, 1.54) is 12.1 Å². The number of hydrogen-bond donors (Lipinski definition) is 1. The van der Waals surface area contributed by atoms with Crippen molar-refractivity contribution in [1.29, 1.82) is 0 Å². The fourth-order valence-electron chi connectivity index (χ4n) is 2.70. The van der Waals surface area contributed by atoms with Crippen molar-refractivity contribution in [3.63, 3.8) is 0 Å². The first kappa shape index (κ1) is 15.9. The third-order valence-electron chi connectivity index (χ3n) is 3.90. The van der Waals surface area contributed by atoms with Gasteiger partial charge in [0.15, 0.2) is 5.78 Å². The molecule has 1 saturated heterocycles. The molecule has 0 spiro atoms. The van der Waals surface area contributed by atoms with Crippen LogP contribution >= 0.6 is 0 Å². The van der Waals surface area contributed by atoms with Crippen molar-refractivity contribution in [1.82, 2.24) is 4.90 Å². The molecule has 0 radical (unpaired) electrons. The number of likely N-dealkylation sites (tertiary alicyclic amines) is 1. The van der Waals surface area contributed by atoms with Gasteiger partial charge in [-0.05, 0) is 43.5 Å². The summed E-state index contributed by atoms with van der Waals surface area (Å²) in [5.74, 6) is -0.623. The molecule has 1 aromatic carbocycles. The van der Waals surface area contributed by atoms with Crippen molar-refractivity contribution < 1.29 is 14.4 Å². The van der Waals surface area contributed by atoms with Gasteiger partial charge in [0.05, 0.1) is 6.04 Å². The molecule has 116 valence electrons. The Morgan fingerprint density at radius 2 is 1.86 bits per heavy atom. The molecule has 2 amide bonds. The Labute approximate surface area is 129 Å².